The summed E-state index contributed by atoms with van der Waals surface area (Å²) in [5.74, 6) is 0.0329. The van der Waals surface area contributed by atoms with E-state index in [9.17, 15) is 4.79 Å². The quantitative estimate of drug-likeness (QED) is 0.646. The van der Waals surface area contributed by atoms with Gasteiger partial charge in [-0.1, -0.05) is 0 Å². The Bertz CT molecular complexity index is 167. The molecule has 0 radical (unpaired) electrons. The zero-order valence-corrected chi connectivity index (χ0v) is 8.30. The minimum atomic E-state index is -0.128. The van der Waals surface area contributed by atoms with Gasteiger partial charge in [-0.2, -0.15) is 0 Å². The molecule has 1 aliphatic heterocycles. The van der Waals surface area contributed by atoms with Gasteiger partial charge in [0.05, 0.1) is 12.6 Å². The van der Waals surface area contributed by atoms with Crippen molar-refractivity contribution in [1.29, 1.82) is 0 Å². The van der Waals surface area contributed by atoms with Gasteiger partial charge in [-0.25, -0.2) is 0 Å². The molecule has 1 fully saturated rings. The lowest BCUT2D eigenvalue weighted by Crippen LogP contribution is -2.48. The van der Waals surface area contributed by atoms with Crippen LogP contribution in [-0.4, -0.2) is 38.3 Å². The first-order valence-electron chi connectivity index (χ1n) is 4.79. The van der Waals surface area contributed by atoms with E-state index in [0.717, 1.165) is 26.1 Å². The number of hydrogen-bond donors (Lipinski definition) is 2. The van der Waals surface area contributed by atoms with E-state index >= 15 is 0 Å². The molecule has 1 heterocycles. The van der Waals surface area contributed by atoms with E-state index in [1.165, 1.54) is 0 Å². The van der Waals surface area contributed by atoms with Crippen LogP contribution in [0.15, 0.2) is 0 Å². The van der Waals surface area contributed by atoms with Gasteiger partial charge in [0.1, 0.15) is 0 Å². The molecule has 4 nitrogen and oxygen atoms in total. The number of rotatable bonds is 3. The summed E-state index contributed by atoms with van der Waals surface area (Å²) in [7, 11) is 1.65. The van der Waals surface area contributed by atoms with Crippen LogP contribution in [0, 0.1) is 0 Å². The predicted molar refractivity (Wildman–Crippen MR) is 50.5 cm³/mol. The molecule has 0 spiro atoms. The van der Waals surface area contributed by atoms with Crippen LogP contribution in [-0.2, 0) is 9.53 Å². The van der Waals surface area contributed by atoms with E-state index < -0.39 is 0 Å². The van der Waals surface area contributed by atoms with E-state index in [4.69, 9.17) is 4.74 Å². The second kappa shape index (κ2) is 5.19. The monoisotopic (exact) mass is 186 g/mol. The predicted octanol–water partition coefficient (Wildman–Crippen LogP) is -0.111. The number of likely N-dealkylation sites (N-methyl/N-ethyl adjacent to an activating group) is 1. The molecule has 2 atom stereocenters. The zero-order chi connectivity index (χ0) is 9.68. The Hall–Kier alpha value is -0.610. The van der Waals surface area contributed by atoms with Gasteiger partial charge in [0.25, 0.3) is 0 Å². The number of hydrogen-bond acceptors (Lipinski definition) is 3. The normalized spacial score (nSPS) is 25.2. The van der Waals surface area contributed by atoms with Gasteiger partial charge in [0, 0.05) is 19.7 Å². The maximum absolute atomic E-state index is 11.2. The van der Waals surface area contributed by atoms with Gasteiger partial charge in [-0.05, 0) is 19.8 Å². The number of carbonyl (C=O) groups excluding carboxylic acids is 1. The Morgan fingerprint density at radius 2 is 2.38 bits per heavy atom. The molecular weight excluding hydrogens is 168 g/mol. The van der Waals surface area contributed by atoms with Crippen LogP contribution in [0.3, 0.4) is 0 Å². The van der Waals surface area contributed by atoms with Crippen molar-refractivity contribution >= 4 is 5.91 Å². The maximum Gasteiger partial charge on any atom is 0.236 e. The van der Waals surface area contributed by atoms with Crippen molar-refractivity contribution in [3.05, 3.63) is 0 Å². The first kappa shape index (κ1) is 10.5. The third-order valence-electron chi connectivity index (χ3n) is 2.29. The molecule has 0 bridgehead atoms. The maximum atomic E-state index is 11.2. The summed E-state index contributed by atoms with van der Waals surface area (Å²) in [6.07, 6.45) is 2.18. The summed E-state index contributed by atoms with van der Waals surface area (Å²) < 4.78 is 5.30. The first-order valence-corrected chi connectivity index (χ1v) is 4.79. The molecule has 1 amide bonds. The van der Waals surface area contributed by atoms with Gasteiger partial charge in [-0.15, -0.1) is 0 Å². The second-order valence-electron chi connectivity index (χ2n) is 3.42. The molecule has 1 aliphatic rings. The summed E-state index contributed by atoms with van der Waals surface area (Å²) in [4.78, 5) is 11.2. The number of ether oxygens (including phenoxy) is 1. The fourth-order valence-electron chi connectivity index (χ4n) is 1.52. The molecule has 0 aromatic heterocycles. The summed E-state index contributed by atoms with van der Waals surface area (Å²) in [5.41, 5.74) is 0. The fourth-order valence-corrected chi connectivity index (χ4v) is 1.52. The Kier molecular flexibility index (Phi) is 4.18. The standard InChI is InChI=1S/C9H18N2O2/c1-7(9(12)10-2)11-8-4-3-5-13-6-8/h7-8,11H,3-6H2,1-2H3,(H,10,12)/t7-,8?/m0/s1. The van der Waals surface area contributed by atoms with Crippen molar-refractivity contribution < 1.29 is 9.53 Å². The summed E-state index contributed by atoms with van der Waals surface area (Å²) >= 11 is 0. The van der Waals surface area contributed by atoms with Crippen LogP contribution in [0.25, 0.3) is 0 Å². The molecule has 76 valence electrons. The van der Waals surface area contributed by atoms with Gasteiger partial charge >= 0.3 is 0 Å². The van der Waals surface area contributed by atoms with E-state index in [2.05, 4.69) is 10.6 Å². The summed E-state index contributed by atoms with van der Waals surface area (Å²) in [6, 6.07) is 0.206. The third-order valence-corrected chi connectivity index (χ3v) is 2.29. The van der Waals surface area contributed by atoms with Crippen LogP contribution in [0.4, 0.5) is 0 Å². The van der Waals surface area contributed by atoms with Gasteiger partial charge in [0.2, 0.25) is 5.91 Å². The first-order chi connectivity index (χ1) is 6.24. The molecule has 4 heteroatoms. The number of carbonyl (C=O) groups is 1. The SMILES string of the molecule is CNC(=O)[C@H](C)NC1CCCOC1. The highest BCUT2D eigenvalue weighted by Gasteiger charge is 2.18. The second-order valence-corrected chi connectivity index (χ2v) is 3.42. The largest absolute Gasteiger partial charge is 0.380 e. The molecule has 1 unspecified atom stereocenters. The van der Waals surface area contributed by atoms with Crippen molar-refractivity contribution in [3.63, 3.8) is 0 Å². The van der Waals surface area contributed by atoms with Crippen LogP contribution < -0.4 is 10.6 Å². The molecule has 1 rings (SSSR count). The highest BCUT2D eigenvalue weighted by molar-refractivity contribution is 5.80. The van der Waals surface area contributed by atoms with Crippen LogP contribution in [0.5, 0.6) is 0 Å². The molecule has 0 aromatic rings. The molecule has 0 aromatic carbocycles. The molecular formula is C9H18N2O2. The van der Waals surface area contributed by atoms with Gasteiger partial charge in [0.15, 0.2) is 0 Å². The fraction of sp³-hybridized carbons (Fsp3) is 0.889. The van der Waals surface area contributed by atoms with Crippen LogP contribution in [0.2, 0.25) is 0 Å². The Morgan fingerprint density at radius 3 is 2.92 bits per heavy atom. The highest BCUT2D eigenvalue weighted by atomic mass is 16.5. The molecule has 0 aliphatic carbocycles. The van der Waals surface area contributed by atoms with Crippen molar-refractivity contribution in [1.82, 2.24) is 10.6 Å². The smallest absolute Gasteiger partial charge is 0.236 e. The van der Waals surface area contributed by atoms with Crippen LogP contribution in [0.1, 0.15) is 19.8 Å². The topological polar surface area (TPSA) is 50.4 Å². The zero-order valence-electron chi connectivity index (χ0n) is 8.30. The van der Waals surface area contributed by atoms with Crippen molar-refractivity contribution in [2.75, 3.05) is 20.3 Å². The lowest BCUT2D eigenvalue weighted by atomic mass is 10.1. The van der Waals surface area contributed by atoms with Crippen molar-refractivity contribution in [2.45, 2.75) is 31.8 Å². The van der Waals surface area contributed by atoms with Gasteiger partial charge in [-0.3, -0.25) is 4.79 Å². The average Bonchev–Trinajstić information content (AvgIpc) is 2.18. The molecule has 0 saturated carbocycles. The van der Waals surface area contributed by atoms with E-state index in [1.807, 2.05) is 6.92 Å². The lowest BCUT2D eigenvalue weighted by molar-refractivity contribution is -0.122. The van der Waals surface area contributed by atoms with E-state index in [-0.39, 0.29) is 11.9 Å². The Labute approximate surface area is 79.0 Å². The molecule has 2 N–H and O–H groups in total. The lowest BCUT2D eigenvalue weighted by Gasteiger charge is -2.25. The highest BCUT2D eigenvalue weighted by Crippen LogP contribution is 2.06. The molecule has 13 heavy (non-hydrogen) atoms. The Morgan fingerprint density at radius 1 is 1.62 bits per heavy atom. The third kappa shape index (κ3) is 3.32. The summed E-state index contributed by atoms with van der Waals surface area (Å²) in [5, 5.41) is 5.84. The van der Waals surface area contributed by atoms with E-state index in [1.54, 1.807) is 7.05 Å². The minimum Gasteiger partial charge on any atom is -0.380 e. The van der Waals surface area contributed by atoms with Crippen molar-refractivity contribution in [2.24, 2.45) is 0 Å². The Balaban J connectivity index is 2.25. The van der Waals surface area contributed by atoms with E-state index in [0.29, 0.717) is 6.04 Å². The average molecular weight is 186 g/mol. The summed E-state index contributed by atoms with van der Waals surface area (Å²) in [6.45, 7) is 3.45. The van der Waals surface area contributed by atoms with Crippen molar-refractivity contribution in [3.8, 4) is 0 Å². The number of nitrogens with one attached hydrogen (secondary N) is 2. The van der Waals surface area contributed by atoms with Gasteiger partial charge < -0.3 is 15.4 Å². The molecule has 1 saturated heterocycles. The van der Waals surface area contributed by atoms with Crippen LogP contribution >= 0.6 is 0 Å². The minimum absolute atomic E-state index is 0.0329. The number of amides is 1.